The fourth-order valence-electron chi connectivity index (χ4n) is 0.0829. The highest BCUT2D eigenvalue weighted by atomic mass is 16.5. The minimum atomic E-state index is 1.33. The van der Waals surface area contributed by atoms with Crippen molar-refractivity contribution >= 4 is 0 Å². The summed E-state index contributed by atoms with van der Waals surface area (Å²) in [7, 11) is 0. The fraction of sp³-hybridized carbons (Fsp3) is 0. The Hall–Kier alpha value is -1.12. The van der Waals surface area contributed by atoms with Crippen LogP contribution in [0.2, 0.25) is 0 Å². The van der Waals surface area contributed by atoms with Crippen molar-refractivity contribution in [3.05, 3.63) is 18.6 Å². The minimum absolute atomic E-state index is 1.33. The van der Waals surface area contributed by atoms with E-state index in [0.717, 1.165) is 0 Å². The molecule has 0 aromatic rings. The second kappa shape index (κ2) is 3.88. The molecule has 1 heteroatoms. The van der Waals surface area contributed by atoms with Crippen LogP contribution in [0, 0.1) is 12.5 Å². The van der Waals surface area contributed by atoms with Crippen LogP contribution in [0.5, 0.6) is 0 Å². The van der Waals surface area contributed by atoms with Crippen LogP contribution in [0.25, 0.3) is 0 Å². The van der Waals surface area contributed by atoms with Crippen LogP contribution >= 0.6 is 0 Å². The van der Waals surface area contributed by atoms with Crippen molar-refractivity contribution < 1.29 is 4.74 Å². The Morgan fingerprint density at radius 1 is 1.83 bits per heavy atom. The summed E-state index contributed by atoms with van der Waals surface area (Å²) in [5.41, 5.74) is 2.38. The Morgan fingerprint density at radius 3 is 2.67 bits per heavy atom. The number of hydrogen-bond donors (Lipinski definition) is 0. The highest BCUT2D eigenvalue weighted by Gasteiger charge is 1.57. The van der Waals surface area contributed by atoms with Gasteiger partial charge in [0.2, 0.25) is 0 Å². The molecule has 6 heavy (non-hydrogen) atoms. The lowest BCUT2D eigenvalue weighted by molar-refractivity contribution is 0.225. The summed E-state index contributed by atoms with van der Waals surface area (Å²) in [4.78, 5) is 0. The molecule has 1 N–H and O–H groups in total. The second-order valence-corrected chi connectivity index (χ2v) is 0.591. The Labute approximate surface area is 36.9 Å². The average Bonchev–Trinajstić information content (AvgIpc) is 1.61. The first-order valence-corrected chi connectivity index (χ1v) is 1.41. The maximum atomic E-state index is 4.70. The molecule has 30 valence electrons. The second-order valence-electron chi connectivity index (χ2n) is 0.591. The predicted molar refractivity (Wildman–Crippen MR) is 25.2 cm³/mol. The van der Waals surface area contributed by atoms with Crippen molar-refractivity contribution in [1.29, 1.82) is 0 Å². The SMILES string of the molecule is C#C[OH+]C=C=C. The van der Waals surface area contributed by atoms with Crippen LogP contribution in [0.4, 0.5) is 0 Å². The van der Waals surface area contributed by atoms with Gasteiger partial charge in [0, 0.05) is 0 Å². The van der Waals surface area contributed by atoms with Crippen molar-refractivity contribution in [3.8, 4) is 12.5 Å². The highest BCUT2D eigenvalue weighted by molar-refractivity contribution is 4.73. The first-order valence-electron chi connectivity index (χ1n) is 1.41. The molecule has 0 heterocycles. The van der Waals surface area contributed by atoms with Gasteiger partial charge in [0.1, 0.15) is 0 Å². The van der Waals surface area contributed by atoms with E-state index in [1.807, 2.05) is 6.11 Å². The summed E-state index contributed by atoms with van der Waals surface area (Å²) in [6.45, 7) is 3.23. The predicted octanol–water partition coefficient (Wildman–Crippen LogP) is 0.969. The molecular weight excluding hydrogens is 76.1 g/mol. The maximum absolute atomic E-state index is 4.70. The van der Waals surface area contributed by atoms with Crippen molar-refractivity contribution in [2.75, 3.05) is 0 Å². The van der Waals surface area contributed by atoms with Gasteiger partial charge in [-0.1, -0.05) is 0 Å². The number of ether oxygens (including phenoxy) is 1. The summed E-state index contributed by atoms with van der Waals surface area (Å²) in [6, 6.07) is 0. The van der Waals surface area contributed by atoms with Gasteiger partial charge in [0.25, 0.3) is 6.26 Å². The zero-order valence-electron chi connectivity index (χ0n) is 3.31. The van der Waals surface area contributed by atoms with Crippen LogP contribution in [-0.4, -0.2) is 4.74 Å². The van der Waals surface area contributed by atoms with E-state index in [-0.39, 0.29) is 0 Å². The molecule has 0 spiro atoms. The molecule has 0 rings (SSSR count). The molecule has 1 nitrogen and oxygen atoms in total. The molecule has 0 aromatic heterocycles. The lowest BCUT2D eigenvalue weighted by Crippen LogP contribution is -1.65. The lowest BCUT2D eigenvalue weighted by atomic mass is 10.9. The first kappa shape index (κ1) is 4.88. The van der Waals surface area contributed by atoms with E-state index in [9.17, 15) is 0 Å². The molecule has 0 radical (unpaired) electrons. The van der Waals surface area contributed by atoms with E-state index in [0.29, 0.717) is 0 Å². The summed E-state index contributed by atoms with van der Waals surface area (Å²) < 4.78 is 3.32. The van der Waals surface area contributed by atoms with Gasteiger partial charge in [-0.05, 0) is 18.7 Å². The van der Waals surface area contributed by atoms with Crippen LogP contribution in [0.1, 0.15) is 0 Å². The van der Waals surface area contributed by atoms with E-state index in [1.54, 1.807) is 0 Å². The molecule has 0 saturated carbocycles. The first-order chi connectivity index (χ1) is 2.91. The number of terminal acetylenes is 1. The summed E-state index contributed by atoms with van der Waals surface area (Å²) in [5, 5.41) is 0. The third-order valence-corrected chi connectivity index (χ3v) is 0.230. The van der Waals surface area contributed by atoms with Crippen molar-refractivity contribution in [1.82, 2.24) is 0 Å². The number of rotatable bonds is 1. The monoisotopic (exact) mass is 81.0 g/mol. The van der Waals surface area contributed by atoms with Crippen LogP contribution in [-0.2, 0) is 0 Å². The van der Waals surface area contributed by atoms with Crippen molar-refractivity contribution in [3.63, 3.8) is 0 Å². The van der Waals surface area contributed by atoms with E-state index in [2.05, 4.69) is 17.0 Å². The lowest BCUT2D eigenvalue weighted by Gasteiger charge is -1.68. The molecule has 0 atom stereocenters. The van der Waals surface area contributed by atoms with E-state index < -0.39 is 0 Å². The molecule has 0 aromatic carbocycles. The van der Waals surface area contributed by atoms with E-state index in [1.165, 1.54) is 6.26 Å². The maximum Gasteiger partial charge on any atom is 0.303 e. The summed E-state index contributed by atoms with van der Waals surface area (Å²) in [6.07, 6.45) is 8.07. The molecular formula is C5H5O+. The molecule has 0 bridgehead atoms. The third kappa shape index (κ3) is 2.88. The molecule has 0 fully saturated rings. The van der Waals surface area contributed by atoms with Gasteiger partial charge >= 0.3 is 6.11 Å². The Balaban J connectivity index is 3.16. The van der Waals surface area contributed by atoms with Gasteiger partial charge in [-0.2, -0.15) is 0 Å². The highest BCUT2D eigenvalue weighted by Crippen LogP contribution is 1.55. The summed E-state index contributed by atoms with van der Waals surface area (Å²) in [5.74, 6) is 0. The third-order valence-electron chi connectivity index (χ3n) is 0.230. The van der Waals surface area contributed by atoms with Gasteiger partial charge in [0.05, 0.1) is 0 Å². The van der Waals surface area contributed by atoms with Gasteiger partial charge in [-0.3, -0.25) is 0 Å². The Bertz CT molecular complexity index is 102. The van der Waals surface area contributed by atoms with Gasteiger partial charge in [0.15, 0.2) is 0 Å². The fourth-order valence-corrected chi connectivity index (χ4v) is 0.0829. The Morgan fingerprint density at radius 2 is 2.50 bits per heavy atom. The van der Waals surface area contributed by atoms with Gasteiger partial charge in [-0.15, -0.1) is 0 Å². The van der Waals surface area contributed by atoms with E-state index >= 15 is 0 Å². The molecule has 0 aliphatic carbocycles. The summed E-state index contributed by atoms with van der Waals surface area (Å²) >= 11 is 0. The Kier molecular flexibility index (Phi) is 3.16. The minimum Gasteiger partial charge on any atom is -0.495 e. The van der Waals surface area contributed by atoms with Crippen molar-refractivity contribution in [2.24, 2.45) is 0 Å². The molecule has 0 saturated heterocycles. The van der Waals surface area contributed by atoms with Crippen LogP contribution in [0.3, 0.4) is 0 Å². The smallest absolute Gasteiger partial charge is 0.303 e. The zero-order chi connectivity index (χ0) is 4.83. The van der Waals surface area contributed by atoms with Crippen LogP contribution < -0.4 is 0 Å². The molecule has 0 amide bonds. The van der Waals surface area contributed by atoms with Crippen LogP contribution in [0.15, 0.2) is 18.6 Å². The molecule has 0 aliphatic rings. The van der Waals surface area contributed by atoms with Gasteiger partial charge in [-0.25, -0.2) is 0 Å². The standard InChI is InChI=1S/C5H4O/c1-3-5-6-4-2/h2,5H,1H2/p+1. The van der Waals surface area contributed by atoms with Gasteiger partial charge < -0.3 is 4.74 Å². The number of hydrogen-bond acceptors (Lipinski definition) is 0. The normalized spacial score (nSPS) is 4.50. The average molecular weight is 81.1 g/mol. The van der Waals surface area contributed by atoms with E-state index in [4.69, 9.17) is 6.42 Å². The topological polar surface area (TPSA) is 12.8 Å². The number of aliphatic hydroxyl groups is 2. The largest absolute Gasteiger partial charge is 0.495 e. The molecule has 0 aliphatic heterocycles. The molecule has 0 unspecified atom stereocenters. The quantitative estimate of drug-likeness (QED) is 0.193. The van der Waals surface area contributed by atoms with Crippen molar-refractivity contribution in [2.45, 2.75) is 0 Å². The zero-order valence-corrected chi connectivity index (χ0v) is 3.31.